The highest BCUT2D eigenvalue weighted by molar-refractivity contribution is 5.89. The van der Waals surface area contributed by atoms with Gasteiger partial charge in [-0.15, -0.1) is 0 Å². The molecule has 0 saturated heterocycles. The van der Waals surface area contributed by atoms with Gasteiger partial charge in [-0.25, -0.2) is 4.79 Å². The van der Waals surface area contributed by atoms with E-state index in [1.54, 1.807) is 76.3 Å². The van der Waals surface area contributed by atoms with Crippen molar-refractivity contribution in [3.63, 3.8) is 0 Å². The van der Waals surface area contributed by atoms with Crippen molar-refractivity contribution in [3.8, 4) is 0 Å². The zero-order chi connectivity index (χ0) is 29.1. The molecule has 39 heavy (non-hydrogen) atoms. The lowest BCUT2D eigenvalue weighted by Crippen LogP contribution is -2.53. The summed E-state index contributed by atoms with van der Waals surface area (Å²) in [5, 5.41) is 11.8. The Morgan fingerprint density at radius 3 is 2.23 bits per heavy atom. The van der Waals surface area contributed by atoms with E-state index < -0.39 is 59.1 Å². The maximum absolute atomic E-state index is 13.3. The molecule has 1 fully saturated rings. The predicted octanol–water partition coefficient (Wildman–Crippen LogP) is 4.60. The Morgan fingerprint density at radius 1 is 1.00 bits per heavy atom. The SMILES string of the molecule is CC(=O)O[C@@H]1CC(=O)C(C)(C)/C=C\[C@@H](C)[C@H](O)[C@]2(OC(C)=O)C[C@@H](C)[C@@H](OC(=O)c3ccccc3)[C@@H]2C=C1C. The number of hydrogen-bond acceptors (Lipinski definition) is 8. The van der Waals surface area contributed by atoms with Crippen molar-refractivity contribution in [1.29, 1.82) is 0 Å². The highest BCUT2D eigenvalue weighted by Gasteiger charge is 2.60. The van der Waals surface area contributed by atoms with Crippen LogP contribution in [0, 0.1) is 23.2 Å². The van der Waals surface area contributed by atoms with Crippen molar-refractivity contribution in [3.05, 3.63) is 59.7 Å². The van der Waals surface area contributed by atoms with E-state index in [9.17, 15) is 24.3 Å². The molecule has 0 aliphatic heterocycles. The Morgan fingerprint density at radius 2 is 1.64 bits per heavy atom. The monoisotopic (exact) mass is 540 g/mol. The van der Waals surface area contributed by atoms with E-state index in [0.717, 1.165) is 0 Å². The number of carbonyl (C=O) groups excluding carboxylic acids is 4. The molecule has 1 aromatic rings. The molecule has 7 atom stereocenters. The number of benzene rings is 1. The van der Waals surface area contributed by atoms with Gasteiger partial charge >= 0.3 is 17.9 Å². The maximum Gasteiger partial charge on any atom is 0.338 e. The van der Waals surface area contributed by atoms with E-state index in [1.165, 1.54) is 13.8 Å². The van der Waals surface area contributed by atoms with Crippen LogP contribution in [-0.2, 0) is 28.6 Å². The number of aliphatic hydroxyl groups is 1. The Kier molecular flexibility index (Phi) is 9.21. The van der Waals surface area contributed by atoms with Gasteiger partial charge in [-0.2, -0.15) is 0 Å². The number of aliphatic hydroxyl groups excluding tert-OH is 1. The van der Waals surface area contributed by atoms with Gasteiger partial charge in [0.05, 0.1) is 11.5 Å². The van der Waals surface area contributed by atoms with E-state index in [4.69, 9.17) is 14.2 Å². The number of ether oxygens (including phenoxy) is 3. The minimum atomic E-state index is -1.44. The first kappa shape index (κ1) is 30.3. The Bertz CT molecular complexity index is 1150. The van der Waals surface area contributed by atoms with Gasteiger partial charge in [0.1, 0.15) is 29.7 Å². The molecule has 0 spiro atoms. The van der Waals surface area contributed by atoms with Crippen molar-refractivity contribution in [2.45, 2.75) is 85.2 Å². The summed E-state index contributed by atoms with van der Waals surface area (Å²) >= 11 is 0. The molecule has 1 aromatic carbocycles. The highest BCUT2D eigenvalue weighted by atomic mass is 16.6. The Hall–Kier alpha value is -3.26. The molecule has 2 aliphatic carbocycles. The minimum Gasteiger partial charge on any atom is -0.458 e. The standard InChI is InChI=1S/C31H40O8/c1-18-13-14-30(6,7)26(34)16-25(37-21(4)32)19(2)15-24-27(38-29(36)23-11-9-8-10-12-23)20(3)17-31(24,28(18)35)39-22(5)33/h8-15,18,20,24-25,27-28,35H,16-17H2,1-7H3/b14-13-,19-15?/t18-,20-,24+,25-,27-,28+,31+/m1/s1. The second-order valence-corrected chi connectivity index (χ2v) is 11.5. The van der Waals surface area contributed by atoms with Gasteiger partial charge in [0.15, 0.2) is 0 Å². The van der Waals surface area contributed by atoms with Crippen LogP contribution in [0.15, 0.2) is 54.1 Å². The number of hydrogen-bond donors (Lipinski definition) is 1. The third-order valence-corrected chi connectivity index (χ3v) is 7.87. The molecular weight excluding hydrogens is 500 g/mol. The van der Waals surface area contributed by atoms with Gasteiger partial charge in [-0.1, -0.05) is 50.3 Å². The van der Waals surface area contributed by atoms with Crippen LogP contribution in [0.5, 0.6) is 0 Å². The molecule has 2 aliphatic rings. The molecule has 0 amide bonds. The second-order valence-electron chi connectivity index (χ2n) is 11.5. The van der Waals surface area contributed by atoms with E-state index in [2.05, 4.69) is 0 Å². The quantitative estimate of drug-likeness (QED) is 0.335. The van der Waals surface area contributed by atoms with Crippen LogP contribution in [0.3, 0.4) is 0 Å². The first-order valence-electron chi connectivity index (χ1n) is 13.4. The van der Waals surface area contributed by atoms with E-state index in [0.29, 0.717) is 11.1 Å². The smallest absolute Gasteiger partial charge is 0.338 e. The highest BCUT2D eigenvalue weighted by Crippen LogP contribution is 2.50. The first-order chi connectivity index (χ1) is 18.2. The van der Waals surface area contributed by atoms with E-state index >= 15 is 0 Å². The maximum atomic E-state index is 13.3. The average Bonchev–Trinajstić information content (AvgIpc) is 3.11. The third-order valence-electron chi connectivity index (χ3n) is 7.87. The molecule has 0 aromatic heterocycles. The molecule has 1 N–H and O–H groups in total. The molecule has 0 bridgehead atoms. The zero-order valence-electron chi connectivity index (χ0n) is 23.8. The zero-order valence-corrected chi connectivity index (χ0v) is 23.8. The fourth-order valence-electron chi connectivity index (χ4n) is 5.69. The molecule has 8 heteroatoms. The number of fused-ring (bicyclic) bond motifs is 1. The van der Waals surface area contributed by atoms with Gasteiger partial charge in [0.25, 0.3) is 0 Å². The van der Waals surface area contributed by atoms with Gasteiger partial charge in [0.2, 0.25) is 0 Å². The summed E-state index contributed by atoms with van der Waals surface area (Å²) in [6, 6.07) is 8.56. The third kappa shape index (κ3) is 6.67. The molecule has 0 radical (unpaired) electrons. The molecule has 212 valence electrons. The summed E-state index contributed by atoms with van der Waals surface area (Å²) in [5.41, 5.74) is -1.43. The van der Waals surface area contributed by atoms with Crippen LogP contribution < -0.4 is 0 Å². The second kappa shape index (κ2) is 11.9. The number of ketones is 1. The van der Waals surface area contributed by atoms with Gasteiger partial charge in [-0.3, -0.25) is 14.4 Å². The molecule has 1 saturated carbocycles. The van der Waals surface area contributed by atoms with Crippen LogP contribution in [0.4, 0.5) is 0 Å². The number of esters is 3. The molecule has 0 heterocycles. The Labute approximate surface area is 230 Å². The Balaban J connectivity index is 2.20. The molecule has 8 nitrogen and oxygen atoms in total. The summed E-state index contributed by atoms with van der Waals surface area (Å²) in [6.45, 7) is 11.5. The van der Waals surface area contributed by atoms with Crippen molar-refractivity contribution in [2.75, 3.05) is 0 Å². The van der Waals surface area contributed by atoms with Crippen molar-refractivity contribution in [2.24, 2.45) is 23.2 Å². The number of Topliss-reactive ketones (excluding diaryl/α,β-unsaturated/α-hetero) is 1. The van der Waals surface area contributed by atoms with Crippen LogP contribution >= 0.6 is 0 Å². The van der Waals surface area contributed by atoms with Crippen LogP contribution in [-0.4, -0.2) is 52.7 Å². The number of rotatable bonds is 4. The van der Waals surface area contributed by atoms with Gasteiger partial charge in [0, 0.05) is 31.6 Å². The fraction of sp³-hybridized carbons (Fsp3) is 0.548. The summed E-state index contributed by atoms with van der Waals surface area (Å²) in [4.78, 5) is 50.9. The predicted molar refractivity (Wildman–Crippen MR) is 144 cm³/mol. The molecule has 3 rings (SSSR count). The number of carbonyl (C=O) groups is 4. The first-order valence-corrected chi connectivity index (χ1v) is 13.4. The summed E-state index contributed by atoms with van der Waals surface area (Å²) in [7, 11) is 0. The van der Waals surface area contributed by atoms with Crippen molar-refractivity contribution >= 4 is 23.7 Å². The van der Waals surface area contributed by atoms with Crippen molar-refractivity contribution in [1.82, 2.24) is 0 Å². The largest absolute Gasteiger partial charge is 0.458 e. The molecule has 0 unspecified atom stereocenters. The summed E-state index contributed by atoms with van der Waals surface area (Å²) in [5.74, 6) is -3.40. The topological polar surface area (TPSA) is 116 Å². The van der Waals surface area contributed by atoms with Crippen LogP contribution in [0.2, 0.25) is 0 Å². The lowest BCUT2D eigenvalue weighted by atomic mass is 9.75. The van der Waals surface area contributed by atoms with E-state index in [-0.39, 0.29) is 24.5 Å². The normalized spacial score (nSPS) is 33.4. The lowest BCUT2D eigenvalue weighted by molar-refractivity contribution is -0.181. The van der Waals surface area contributed by atoms with Crippen LogP contribution in [0.1, 0.15) is 71.7 Å². The van der Waals surface area contributed by atoms with Gasteiger partial charge in [-0.05, 0) is 50.8 Å². The summed E-state index contributed by atoms with van der Waals surface area (Å²) < 4.78 is 17.6. The van der Waals surface area contributed by atoms with Crippen LogP contribution in [0.25, 0.3) is 0 Å². The van der Waals surface area contributed by atoms with Crippen molar-refractivity contribution < 1.29 is 38.5 Å². The molecular formula is C31H40O8. The number of allylic oxidation sites excluding steroid dienone is 1. The lowest BCUT2D eigenvalue weighted by Gasteiger charge is -2.41. The van der Waals surface area contributed by atoms with E-state index in [1.807, 2.05) is 6.92 Å². The fourth-order valence-corrected chi connectivity index (χ4v) is 5.69. The average molecular weight is 541 g/mol. The summed E-state index contributed by atoms with van der Waals surface area (Å²) in [6.07, 6.45) is 2.55. The minimum absolute atomic E-state index is 0.0620. The van der Waals surface area contributed by atoms with Gasteiger partial charge < -0.3 is 19.3 Å².